The van der Waals surface area contributed by atoms with E-state index in [9.17, 15) is 9.90 Å². The second-order valence-electron chi connectivity index (χ2n) is 4.70. The first-order chi connectivity index (χ1) is 11.2. The smallest absolute Gasteiger partial charge is 0.250 e. The Balaban J connectivity index is 1.75. The number of ether oxygens (including phenoxy) is 1. The van der Waals surface area contributed by atoms with Crippen molar-refractivity contribution in [1.82, 2.24) is 5.43 Å². The minimum absolute atomic E-state index is 0.0611. The number of methoxy groups -OCH3 is 1. The van der Waals surface area contributed by atoms with Gasteiger partial charge in [-0.05, 0) is 29.3 Å². The Kier molecular flexibility index (Phi) is 6.50. The van der Waals surface area contributed by atoms with Gasteiger partial charge in [0.15, 0.2) is 11.5 Å². The first kappa shape index (κ1) is 16.9. The molecule has 0 aliphatic carbocycles. The standard InChI is InChI=1S/C17H18N2O3S/c1-22-16-9-14(7-8-15(16)20)10-18-19-17(21)12-23-11-13-5-3-2-4-6-13/h2-10,20H,11-12H2,1H3,(H,19,21). The van der Waals surface area contributed by atoms with Gasteiger partial charge in [0.05, 0.1) is 19.1 Å². The Bertz CT molecular complexity index is 675. The molecule has 5 nitrogen and oxygen atoms in total. The Hall–Kier alpha value is -2.47. The molecule has 0 fully saturated rings. The average Bonchev–Trinajstić information content (AvgIpc) is 2.57. The highest BCUT2D eigenvalue weighted by Gasteiger charge is 2.02. The van der Waals surface area contributed by atoms with E-state index in [1.807, 2.05) is 30.3 Å². The van der Waals surface area contributed by atoms with E-state index < -0.39 is 0 Å². The van der Waals surface area contributed by atoms with Crippen molar-refractivity contribution in [2.45, 2.75) is 5.75 Å². The van der Waals surface area contributed by atoms with Crippen molar-refractivity contribution < 1.29 is 14.6 Å². The molecule has 0 saturated heterocycles. The molecule has 2 aromatic carbocycles. The van der Waals surface area contributed by atoms with Crippen LogP contribution < -0.4 is 10.2 Å². The van der Waals surface area contributed by atoms with Gasteiger partial charge in [-0.15, -0.1) is 11.8 Å². The predicted octanol–water partition coefficient (Wildman–Crippen LogP) is 2.78. The maximum atomic E-state index is 11.7. The van der Waals surface area contributed by atoms with Gasteiger partial charge in [0.1, 0.15) is 0 Å². The van der Waals surface area contributed by atoms with Gasteiger partial charge in [-0.2, -0.15) is 5.10 Å². The zero-order chi connectivity index (χ0) is 16.5. The Labute approximate surface area is 139 Å². The Morgan fingerprint density at radius 2 is 2.09 bits per heavy atom. The van der Waals surface area contributed by atoms with Gasteiger partial charge < -0.3 is 9.84 Å². The number of hydrogen-bond acceptors (Lipinski definition) is 5. The summed E-state index contributed by atoms with van der Waals surface area (Å²) < 4.78 is 5.01. The molecule has 0 unspecified atom stereocenters. The fourth-order valence-corrected chi connectivity index (χ4v) is 2.60. The molecule has 0 aromatic heterocycles. The van der Waals surface area contributed by atoms with E-state index in [0.29, 0.717) is 11.5 Å². The monoisotopic (exact) mass is 330 g/mol. The van der Waals surface area contributed by atoms with Crippen LogP contribution in [0, 0.1) is 0 Å². The van der Waals surface area contributed by atoms with Crippen LogP contribution in [0.3, 0.4) is 0 Å². The highest BCUT2D eigenvalue weighted by atomic mass is 32.2. The SMILES string of the molecule is COc1cc(C=NNC(=O)CSCc2ccccc2)ccc1O. The van der Waals surface area contributed by atoms with Gasteiger partial charge in [-0.25, -0.2) is 5.43 Å². The molecule has 0 radical (unpaired) electrons. The largest absolute Gasteiger partial charge is 0.504 e. The van der Waals surface area contributed by atoms with Crippen LogP contribution in [0.2, 0.25) is 0 Å². The van der Waals surface area contributed by atoms with Crippen LogP contribution in [0.4, 0.5) is 0 Å². The number of amides is 1. The molecular weight excluding hydrogens is 312 g/mol. The summed E-state index contributed by atoms with van der Waals surface area (Å²) in [4.78, 5) is 11.7. The Morgan fingerprint density at radius 1 is 1.30 bits per heavy atom. The van der Waals surface area contributed by atoms with E-state index in [1.165, 1.54) is 36.7 Å². The molecule has 0 heterocycles. The number of rotatable bonds is 7. The number of nitrogens with zero attached hydrogens (tertiary/aromatic N) is 1. The number of aromatic hydroxyl groups is 1. The number of benzene rings is 2. The molecule has 1 amide bonds. The third-order valence-corrected chi connectivity index (χ3v) is 3.96. The summed E-state index contributed by atoms with van der Waals surface area (Å²) >= 11 is 1.53. The van der Waals surface area contributed by atoms with Gasteiger partial charge in [-0.1, -0.05) is 30.3 Å². The molecule has 0 bridgehead atoms. The van der Waals surface area contributed by atoms with Crippen molar-refractivity contribution in [3.8, 4) is 11.5 Å². The molecule has 2 rings (SSSR count). The molecule has 0 saturated carbocycles. The number of nitrogens with one attached hydrogen (secondary N) is 1. The van der Waals surface area contributed by atoms with E-state index in [1.54, 1.807) is 12.1 Å². The van der Waals surface area contributed by atoms with Gasteiger partial charge in [0, 0.05) is 5.75 Å². The third-order valence-electron chi connectivity index (χ3n) is 2.95. The first-order valence-electron chi connectivity index (χ1n) is 6.99. The molecule has 23 heavy (non-hydrogen) atoms. The molecule has 120 valence electrons. The quantitative estimate of drug-likeness (QED) is 0.605. The highest BCUT2D eigenvalue weighted by Crippen LogP contribution is 2.25. The number of carbonyl (C=O) groups is 1. The van der Waals surface area contributed by atoms with Crippen LogP contribution in [0.5, 0.6) is 11.5 Å². The zero-order valence-corrected chi connectivity index (χ0v) is 13.5. The number of phenolic OH excluding ortho intramolecular Hbond substituents is 1. The minimum Gasteiger partial charge on any atom is -0.504 e. The normalized spacial score (nSPS) is 10.7. The molecule has 0 spiro atoms. The van der Waals surface area contributed by atoms with Crippen molar-refractivity contribution in [3.05, 3.63) is 59.7 Å². The number of hydrogen-bond donors (Lipinski definition) is 2. The van der Waals surface area contributed by atoms with E-state index in [2.05, 4.69) is 10.5 Å². The van der Waals surface area contributed by atoms with Crippen molar-refractivity contribution in [2.24, 2.45) is 5.10 Å². The highest BCUT2D eigenvalue weighted by molar-refractivity contribution is 7.99. The number of thioether (sulfide) groups is 1. The molecule has 0 aliphatic rings. The van der Waals surface area contributed by atoms with E-state index in [4.69, 9.17) is 4.74 Å². The lowest BCUT2D eigenvalue weighted by Gasteiger charge is -2.03. The van der Waals surface area contributed by atoms with E-state index in [-0.39, 0.29) is 11.7 Å². The van der Waals surface area contributed by atoms with Crippen molar-refractivity contribution >= 4 is 23.9 Å². The first-order valence-corrected chi connectivity index (χ1v) is 8.15. The van der Waals surface area contributed by atoms with Crippen molar-refractivity contribution in [2.75, 3.05) is 12.9 Å². The average molecular weight is 330 g/mol. The fraction of sp³-hybridized carbons (Fsp3) is 0.176. The number of phenols is 1. The van der Waals surface area contributed by atoms with Crippen LogP contribution >= 0.6 is 11.8 Å². The summed E-state index contributed by atoms with van der Waals surface area (Å²) in [5.41, 5.74) is 4.38. The lowest BCUT2D eigenvalue weighted by molar-refractivity contribution is -0.118. The maximum absolute atomic E-state index is 11.7. The number of hydrazone groups is 1. The van der Waals surface area contributed by atoms with Crippen LogP contribution in [0.1, 0.15) is 11.1 Å². The van der Waals surface area contributed by atoms with E-state index >= 15 is 0 Å². The van der Waals surface area contributed by atoms with Crippen molar-refractivity contribution in [1.29, 1.82) is 0 Å². The second-order valence-corrected chi connectivity index (χ2v) is 5.69. The summed E-state index contributed by atoms with van der Waals surface area (Å²) in [6.07, 6.45) is 1.50. The Morgan fingerprint density at radius 3 is 2.83 bits per heavy atom. The van der Waals surface area contributed by atoms with E-state index in [0.717, 1.165) is 11.3 Å². The molecule has 0 aliphatic heterocycles. The molecule has 6 heteroatoms. The van der Waals surface area contributed by atoms with Crippen LogP contribution in [-0.4, -0.2) is 30.1 Å². The molecule has 2 aromatic rings. The molecule has 2 N–H and O–H groups in total. The van der Waals surface area contributed by atoms with Crippen molar-refractivity contribution in [3.63, 3.8) is 0 Å². The van der Waals surface area contributed by atoms with Crippen LogP contribution in [-0.2, 0) is 10.5 Å². The summed E-state index contributed by atoms with van der Waals surface area (Å²) in [5, 5.41) is 13.4. The van der Waals surface area contributed by atoms with Crippen LogP contribution in [0.15, 0.2) is 53.6 Å². The third kappa shape index (κ3) is 5.67. The summed E-state index contributed by atoms with van der Waals surface area (Å²) in [5.74, 6) is 1.38. The lowest BCUT2D eigenvalue weighted by atomic mass is 10.2. The predicted molar refractivity (Wildman–Crippen MR) is 93.0 cm³/mol. The maximum Gasteiger partial charge on any atom is 0.250 e. The zero-order valence-electron chi connectivity index (χ0n) is 12.7. The van der Waals surface area contributed by atoms with Gasteiger partial charge >= 0.3 is 0 Å². The van der Waals surface area contributed by atoms with Crippen LogP contribution in [0.25, 0.3) is 0 Å². The topological polar surface area (TPSA) is 70.9 Å². The summed E-state index contributed by atoms with van der Waals surface area (Å²) in [7, 11) is 1.47. The molecule has 0 atom stereocenters. The van der Waals surface area contributed by atoms with Gasteiger partial charge in [-0.3, -0.25) is 4.79 Å². The molecular formula is C17H18N2O3S. The number of carbonyl (C=O) groups excluding carboxylic acids is 1. The van der Waals surface area contributed by atoms with Gasteiger partial charge in [0.2, 0.25) is 5.91 Å². The summed E-state index contributed by atoms with van der Waals surface area (Å²) in [6.45, 7) is 0. The lowest BCUT2D eigenvalue weighted by Crippen LogP contribution is -2.19. The second kappa shape index (κ2) is 8.85. The minimum atomic E-state index is -0.159. The summed E-state index contributed by atoms with van der Waals surface area (Å²) in [6, 6.07) is 14.8. The van der Waals surface area contributed by atoms with Gasteiger partial charge in [0.25, 0.3) is 0 Å². The fourth-order valence-electron chi connectivity index (χ4n) is 1.82.